The van der Waals surface area contributed by atoms with Gasteiger partial charge in [-0.25, -0.2) is 0 Å². The molecular formula is C14H21NO. The fraction of sp³-hybridized carbons (Fsp3) is 0.571. The third-order valence-electron chi connectivity index (χ3n) is 3.54. The van der Waals surface area contributed by atoms with Crippen molar-refractivity contribution >= 4 is 0 Å². The van der Waals surface area contributed by atoms with Gasteiger partial charge < -0.3 is 10.8 Å². The molecule has 2 rings (SSSR count). The third kappa shape index (κ3) is 2.83. The summed E-state index contributed by atoms with van der Waals surface area (Å²) in [6.07, 6.45) is 4.93. The van der Waals surface area contributed by atoms with Crippen molar-refractivity contribution in [2.75, 3.05) is 6.54 Å². The summed E-state index contributed by atoms with van der Waals surface area (Å²) in [6, 6.07) is 8.69. The highest BCUT2D eigenvalue weighted by atomic mass is 16.3. The minimum absolute atomic E-state index is 0.200. The topological polar surface area (TPSA) is 46.2 Å². The van der Waals surface area contributed by atoms with Crippen molar-refractivity contribution in [3.63, 3.8) is 0 Å². The average molecular weight is 219 g/mol. The molecule has 2 nitrogen and oxygen atoms in total. The third-order valence-corrected chi connectivity index (χ3v) is 3.54. The summed E-state index contributed by atoms with van der Waals surface area (Å²) >= 11 is 0. The van der Waals surface area contributed by atoms with Crippen LogP contribution in [0.1, 0.15) is 30.4 Å². The smallest absolute Gasteiger partial charge is 0.0552 e. The molecule has 16 heavy (non-hydrogen) atoms. The first kappa shape index (κ1) is 11.6. The maximum absolute atomic E-state index is 9.65. The summed E-state index contributed by atoms with van der Waals surface area (Å²) in [7, 11) is 0. The zero-order valence-electron chi connectivity index (χ0n) is 9.73. The van der Waals surface area contributed by atoms with Crippen LogP contribution in [0.4, 0.5) is 0 Å². The number of hydrogen-bond donors (Lipinski definition) is 2. The average Bonchev–Trinajstić information content (AvgIpc) is 2.69. The Morgan fingerprint density at radius 3 is 2.38 bits per heavy atom. The van der Waals surface area contributed by atoms with Crippen LogP contribution in [0, 0.1) is 5.92 Å². The van der Waals surface area contributed by atoms with Crippen LogP contribution in [0.15, 0.2) is 24.3 Å². The van der Waals surface area contributed by atoms with Gasteiger partial charge in [0, 0.05) is 0 Å². The van der Waals surface area contributed by atoms with E-state index in [-0.39, 0.29) is 6.10 Å². The van der Waals surface area contributed by atoms with E-state index >= 15 is 0 Å². The lowest BCUT2D eigenvalue weighted by Gasteiger charge is -2.12. The molecule has 1 atom stereocenters. The predicted octanol–water partition coefficient (Wildman–Crippen LogP) is 1.89. The van der Waals surface area contributed by atoms with Gasteiger partial charge in [-0.15, -0.1) is 0 Å². The molecule has 0 radical (unpaired) electrons. The van der Waals surface area contributed by atoms with Crippen LogP contribution in [0.25, 0.3) is 0 Å². The van der Waals surface area contributed by atoms with Crippen molar-refractivity contribution in [1.82, 2.24) is 0 Å². The highest BCUT2D eigenvalue weighted by molar-refractivity contribution is 5.31. The molecule has 1 aliphatic rings. The van der Waals surface area contributed by atoms with E-state index in [2.05, 4.69) is 24.3 Å². The molecule has 1 aliphatic carbocycles. The van der Waals surface area contributed by atoms with Crippen molar-refractivity contribution in [3.05, 3.63) is 35.4 Å². The van der Waals surface area contributed by atoms with E-state index in [0.717, 1.165) is 25.2 Å². The predicted molar refractivity (Wildman–Crippen MR) is 66.3 cm³/mol. The number of nitrogens with two attached hydrogens (primary N) is 1. The highest BCUT2D eigenvalue weighted by Gasteiger charge is 2.21. The minimum Gasteiger partial charge on any atom is -0.393 e. The van der Waals surface area contributed by atoms with E-state index in [0.29, 0.717) is 6.54 Å². The number of aliphatic hydroxyl groups excluding tert-OH is 1. The second-order valence-electron chi connectivity index (χ2n) is 4.85. The van der Waals surface area contributed by atoms with E-state index in [1.54, 1.807) is 0 Å². The van der Waals surface area contributed by atoms with E-state index in [9.17, 15) is 5.11 Å². The second kappa shape index (κ2) is 5.46. The highest BCUT2D eigenvalue weighted by Crippen LogP contribution is 2.29. The van der Waals surface area contributed by atoms with Crippen LogP contribution in [0.2, 0.25) is 0 Å². The molecule has 0 saturated heterocycles. The van der Waals surface area contributed by atoms with Crippen molar-refractivity contribution in [1.29, 1.82) is 0 Å². The molecule has 1 unspecified atom stereocenters. The fourth-order valence-corrected chi connectivity index (χ4v) is 2.62. The normalized spacial score (nSPS) is 17.4. The Hall–Kier alpha value is -0.860. The molecule has 1 aromatic rings. The summed E-state index contributed by atoms with van der Waals surface area (Å²) in [5.74, 6) is 0.727. The van der Waals surface area contributed by atoms with Crippen LogP contribution in [0.5, 0.6) is 0 Å². The first-order valence-corrected chi connectivity index (χ1v) is 6.24. The minimum atomic E-state index is -0.200. The number of rotatable bonds is 5. The molecule has 0 fully saturated rings. The van der Waals surface area contributed by atoms with Crippen LogP contribution < -0.4 is 5.73 Å². The molecule has 0 heterocycles. The molecule has 0 bridgehead atoms. The Kier molecular flexibility index (Phi) is 3.97. The second-order valence-corrected chi connectivity index (χ2v) is 4.85. The SMILES string of the molecule is NCCC(O)CCC1Cc2ccccc2C1. The zero-order valence-corrected chi connectivity index (χ0v) is 9.73. The first-order chi connectivity index (χ1) is 7.79. The number of benzene rings is 1. The van der Waals surface area contributed by atoms with Gasteiger partial charge in [0.2, 0.25) is 0 Å². The lowest BCUT2D eigenvalue weighted by Crippen LogP contribution is -2.15. The summed E-state index contributed by atoms with van der Waals surface area (Å²) in [5.41, 5.74) is 8.42. The van der Waals surface area contributed by atoms with Crippen molar-refractivity contribution in [3.8, 4) is 0 Å². The van der Waals surface area contributed by atoms with E-state index in [1.807, 2.05) is 0 Å². The molecule has 88 valence electrons. The standard InChI is InChI=1S/C14H21NO/c15-8-7-14(16)6-5-11-9-12-3-1-2-4-13(12)10-11/h1-4,11,14,16H,5-10,15H2. The van der Waals surface area contributed by atoms with Crippen LogP contribution in [-0.4, -0.2) is 17.8 Å². The number of aliphatic hydroxyl groups is 1. The molecule has 1 aromatic carbocycles. The molecule has 0 aliphatic heterocycles. The molecular weight excluding hydrogens is 198 g/mol. The van der Waals surface area contributed by atoms with Gasteiger partial charge in [0.1, 0.15) is 0 Å². The van der Waals surface area contributed by atoms with Crippen molar-refractivity contribution in [2.45, 2.75) is 38.2 Å². The molecule has 0 spiro atoms. The zero-order chi connectivity index (χ0) is 11.4. The number of hydrogen-bond acceptors (Lipinski definition) is 2. The molecule has 3 N–H and O–H groups in total. The van der Waals surface area contributed by atoms with Gasteiger partial charge in [-0.2, -0.15) is 0 Å². The van der Waals surface area contributed by atoms with Gasteiger partial charge in [-0.3, -0.25) is 0 Å². The van der Waals surface area contributed by atoms with Crippen LogP contribution in [-0.2, 0) is 12.8 Å². The number of fused-ring (bicyclic) bond motifs is 1. The van der Waals surface area contributed by atoms with Gasteiger partial charge in [-0.1, -0.05) is 24.3 Å². The van der Waals surface area contributed by atoms with Crippen LogP contribution in [0.3, 0.4) is 0 Å². The molecule has 2 heteroatoms. The fourth-order valence-electron chi connectivity index (χ4n) is 2.62. The van der Waals surface area contributed by atoms with E-state index in [1.165, 1.54) is 24.0 Å². The van der Waals surface area contributed by atoms with Crippen LogP contribution >= 0.6 is 0 Å². The maximum atomic E-state index is 9.65. The van der Waals surface area contributed by atoms with Gasteiger partial charge in [0.05, 0.1) is 6.10 Å². The quantitative estimate of drug-likeness (QED) is 0.794. The lowest BCUT2D eigenvalue weighted by atomic mass is 9.97. The summed E-state index contributed by atoms with van der Waals surface area (Å²) in [5, 5.41) is 9.65. The molecule has 0 saturated carbocycles. The van der Waals surface area contributed by atoms with Crippen molar-refractivity contribution < 1.29 is 5.11 Å². The van der Waals surface area contributed by atoms with Gasteiger partial charge in [0.15, 0.2) is 0 Å². The summed E-state index contributed by atoms with van der Waals surface area (Å²) in [6.45, 7) is 0.589. The van der Waals surface area contributed by atoms with E-state index in [4.69, 9.17) is 5.73 Å². The first-order valence-electron chi connectivity index (χ1n) is 6.24. The Bertz CT molecular complexity index is 312. The molecule has 0 aromatic heterocycles. The Morgan fingerprint density at radius 2 is 1.81 bits per heavy atom. The lowest BCUT2D eigenvalue weighted by molar-refractivity contribution is 0.148. The maximum Gasteiger partial charge on any atom is 0.0552 e. The summed E-state index contributed by atoms with van der Waals surface area (Å²) in [4.78, 5) is 0. The summed E-state index contributed by atoms with van der Waals surface area (Å²) < 4.78 is 0. The monoisotopic (exact) mass is 219 g/mol. The van der Waals surface area contributed by atoms with E-state index < -0.39 is 0 Å². The Morgan fingerprint density at radius 1 is 1.19 bits per heavy atom. The molecule has 0 amide bonds. The largest absolute Gasteiger partial charge is 0.393 e. The Balaban J connectivity index is 1.79. The van der Waals surface area contributed by atoms with Crippen molar-refractivity contribution in [2.24, 2.45) is 11.7 Å². The van der Waals surface area contributed by atoms with Gasteiger partial charge >= 0.3 is 0 Å². The van der Waals surface area contributed by atoms with Gasteiger partial charge in [-0.05, 0) is 55.7 Å². The van der Waals surface area contributed by atoms with Gasteiger partial charge in [0.25, 0.3) is 0 Å². The Labute approximate surface area is 97.5 Å².